The van der Waals surface area contributed by atoms with E-state index in [1.165, 1.54) is 14.2 Å². The van der Waals surface area contributed by atoms with Gasteiger partial charge in [-0.1, -0.05) is 30.7 Å². The van der Waals surface area contributed by atoms with Crippen molar-refractivity contribution in [2.75, 3.05) is 12.3 Å². The van der Waals surface area contributed by atoms with Gasteiger partial charge in [-0.15, -0.1) is 23.1 Å². The molecule has 0 amide bonds. The van der Waals surface area contributed by atoms with Crippen LogP contribution < -0.4 is 5.32 Å². The van der Waals surface area contributed by atoms with Crippen LogP contribution in [0, 0.1) is 0 Å². The molecule has 0 saturated heterocycles. The Labute approximate surface area is 142 Å². The fraction of sp³-hybridized carbons (Fsp3) is 0.333. The molecular weight excluding hydrogens is 374 g/mol. The number of halogens is 2. The monoisotopic (exact) mass is 389 g/mol. The van der Waals surface area contributed by atoms with Gasteiger partial charge in [0.25, 0.3) is 0 Å². The van der Waals surface area contributed by atoms with Crippen LogP contribution in [-0.2, 0) is 6.42 Å². The zero-order valence-corrected chi connectivity index (χ0v) is 15.2. The van der Waals surface area contributed by atoms with Crippen molar-refractivity contribution in [1.29, 1.82) is 0 Å². The van der Waals surface area contributed by atoms with Crippen molar-refractivity contribution < 1.29 is 0 Å². The quantitative estimate of drug-likeness (QED) is 0.628. The first-order valence-corrected chi connectivity index (χ1v) is 9.51. The lowest BCUT2D eigenvalue weighted by atomic mass is 10.2. The van der Waals surface area contributed by atoms with Crippen LogP contribution in [0.2, 0.25) is 4.34 Å². The Morgan fingerprint density at radius 2 is 2.10 bits per heavy atom. The smallest absolute Gasteiger partial charge is 0.0931 e. The third kappa shape index (κ3) is 5.08. The molecule has 5 heteroatoms. The Balaban J connectivity index is 1.94. The molecule has 1 aromatic carbocycles. The Kier molecular flexibility index (Phi) is 6.91. The lowest BCUT2D eigenvalue weighted by Gasteiger charge is -2.17. The molecule has 108 valence electrons. The molecule has 2 aromatic rings. The third-order valence-electron chi connectivity index (χ3n) is 2.85. The average Bonchev–Trinajstić information content (AvgIpc) is 2.83. The molecule has 0 bridgehead atoms. The number of rotatable bonds is 7. The maximum atomic E-state index is 6.00. The van der Waals surface area contributed by atoms with E-state index in [-0.39, 0.29) is 0 Å². The van der Waals surface area contributed by atoms with Gasteiger partial charge in [-0.25, -0.2) is 0 Å². The summed E-state index contributed by atoms with van der Waals surface area (Å²) in [5.74, 6) is 1.05. The average molecular weight is 391 g/mol. The molecule has 0 aliphatic carbocycles. The Hall–Kier alpha value is -0.0000000000000000278. The van der Waals surface area contributed by atoms with Crippen LogP contribution in [0.3, 0.4) is 0 Å². The molecule has 1 N–H and O–H groups in total. The molecule has 0 saturated carbocycles. The molecule has 1 nitrogen and oxygen atoms in total. The van der Waals surface area contributed by atoms with E-state index in [1.54, 1.807) is 11.3 Å². The largest absolute Gasteiger partial charge is 0.313 e. The molecule has 0 radical (unpaired) electrons. The van der Waals surface area contributed by atoms with Crippen molar-refractivity contribution in [2.45, 2.75) is 24.3 Å². The highest BCUT2D eigenvalue weighted by Gasteiger charge is 2.11. The van der Waals surface area contributed by atoms with Gasteiger partial charge in [-0.2, -0.15) is 0 Å². The second kappa shape index (κ2) is 8.44. The highest BCUT2D eigenvalue weighted by atomic mass is 79.9. The molecule has 1 heterocycles. The fourth-order valence-electron chi connectivity index (χ4n) is 1.94. The molecule has 0 aliphatic heterocycles. The summed E-state index contributed by atoms with van der Waals surface area (Å²) in [6.45, 7) is 3.14. The normalized spacial score (nSPS) is 12.6. The number of nitrogens with one attached hydrogen (secondary N) is 1. The highest BCUT2D eigenvalue weighted by molar-refractivity contribution is 9.10. The predicted molar refractivity (Wildman–Crippen MR) is 95.4 cm³/mol. The first-order chi connectivity index (χ1) is 9.69. The molecule has 1 unspecified atom stereocenters. The predicted octanol–water partition coefficient (Wildman–Crippen LogP) is 5.48. The van der Waals surface area contributed by atoms with Crippen molar-refractivity contribution in [2.24, 2.45) is 0 Å². The summed E-state index contributed by atoms with van der Waals surface area (Å²) in [6, 6.07) is 12.9. The van der Waals surface area contributed by atoms with Gasteiger partial charge in [-0.3, -0.25) is 0 Å². The second-order valence-corrected chi connectivity index (χ2v) is 8.12. The standard InChI is InChI=1S/C15H17BrClNS2/c1-2-18-11(9-12-7-8-15(17)20-12)10-19-14-6-4-3-5-13(14)16/h3-8,11,18H,2,9-10H2,1H3. The van der Waals surface area contributed by atoms with Crippen LogP contribution in [0.25, 0.3) is 0 Å². The molecular formula is C15H17BrClNS2. The zero-order valence-electron chi connectivity index (χ0n) is 11.2. The van der Waals surface area contributed by atoms with Gasteiger partial charge >= 0.3 is 0 Å². The van der Waals surface area contributed by atoms with Crippen LogP contribution in [0.1, 0.15) is 11.8 Å². The number of benzene rings is 1. The van der Waals surface area contributed by atoms with E-state index in [2.05, 4.69) is 52.4 Å². The first kappa shape index (κ1) is 16.4. The van der Waals surface area contributed by atoms with Gasteiger partial charge in [-0.05, 0) is 53.2 Å². The summed E-state index contributed by atoms with van der Waals surface area (Å²) in [5, 5.41) is 3.56. The summed E-state index contributed by atoms with van der Waals surface area (Å²) < 4.78 is 2.04. The van der Waals surface area contributed by atoms with Crippen molar-refractivity contribution in [1.82, 2.24) is 5.32 Å². The van der Waals surface area contributed by atoms with Crippen molar-refractivity contribution >= 4 is 50.6 Å². The van der Waals surface area contributed by atoms with Gasteiger partial charge < -0.3 is 5.32 Å². The molecule has 0 fully saturated rings. The van der Waals surface area contributed by atoms with Crippen molar-refractivity contribution in [3.63, 3.8) is 0 Å². The van der Waals surface area contributed by atoms with Gasteiger partial charge in [0.1, 0.15) is 0 Å². The van der Waals surface area contributed by atoms with Crippen molar-refractivity contribution in [3.05, 3.63) is 50.1 Å². The number of thiophene rings is 1. The highest BCUT2D eigenvalue weighted by Crippen LogP contribution is 2.29. The number of thioether (sulfide) groups is 1. The molecule has 1 aromatic heterocycles. The lowest BCUT2D eigenvalue weighted by molar-refractivity contribution is 0.576. The third-order valence-corrected chi connectivity index (χ3v) is 6.29. The van der Waals surface area contributed by atoms with Crippen LogP contribution in [-0.4, -0.2) is 18.3 Å². The minimum absolute atomic E-state index is 0.465. The SMILES string of the molecule is CCNC(CSc1ccccc1Br)Cc1ccc(Cl)s1. The lowest BCUT2D eigenvalue weighted by Crippen LogP contribution is -2.32. The van der Waals surface area contributed by atoms with E-state index in [9.17, 15) is 0 Å². The van der Waals surface area contributed by atoms with Crippen LogP contribution in [0.15, 0.2) is 45.8 Å². The van der Waals surface area contributed by atoms with Crippen molar-refractivity contribution in [3.8, 4) is 0 Å². The zero-order chi connectivity index (χ0) is 14.4. The summed E-state index contributed by atoms with van der Waals surface area (Å²) >= 11 is 13.2. The number of hydrogen-bond donors (Lipinski definition) is 1. The van der Waals surface area contributed by atoms with Crippen LogP contribution in [0.4, 0.5) is 0 Å². The first-order valence-electron chi connectivity index (χ1n) is 6.54. The second-order valence-electron chi connectivity index (χ2n) is 4.41. The van der Waals surface area contributed by atoms with Crippen LogP contribution in [0.5, 0.6) is 0 Å². The van der Waals surface area contributed by atoms with E-state index < -0.39 is 0 Å². The van der Waals surface area contributed by atoms with E-state index >= 15 is 0 Å². The van der Waals surface area contributed by atoms with E-state index in [4.69, 9.17) is 11.6 Å². The Morgan fingerprint density at radius 1 is 1.30 bits per heavy atom. The summed E-state index contributed by atoms with van der Waals surface area (Å²) in [5.41, 5.74) is 0. The number of hydrogen-bond acceptors (Lipinski definition) is 3. The van der Waals surface area contributed by atoms with Gasteiger partial charge in [0.2, 0.25) is 0 Å². The summed E-state index contributed by atoms with van der Waals surface area (Å²) in [4.78, 5) is 2.63. The molecule has 20 heavy (non-hydrogen) atoms. The Morgan fingerprint density at radius 3 is 2.75 bits per heavy atom. The topological polar surface area (TPSA) is 12.0 Å². The minimum atomic E-state index is 0.465. The van der Waals surface area contributed by atoms with Gasteiger partial charge in [0, 0.05) is 26.0 Å². The number of likely N-dealkylation sites (N-methyl/N-ethyl adjacent to an activating group) is 1. The molecule has 0 aliphatic rings. The van der Waals surface area contributed by atoms with Gasteiger partial charge in [0.05, 0.1) is 4.34 Å². The Bertz CT molecular complexity index is 544. The van der Waals surface area contributed by atoms with E-state index in [1.807, 2.05) is 23.9 Å². The van der Waals surface area contributed by atoms with E-state index in [0.717, 1.165) is 23.1 Å². The minimum Gasteiger partial charge on any atom is -0.313 e. The van der Waals surface area contributed by atoms with E-state index in [0.29, 0.717) is 6.04 Å². The maximum absolute atomic E-state index is 6.00. The van der Waals surface area contributed by atoms with Gasteiger partial charge in [0.15, 0.2) is 0 Å². The van der Waals surface area contributed by atoms with Crippen LogP contribution >= 0.6 is 50.6 Å². The summed E-state index contributed by atoms with van der Waals surface area (Å²) in [6.07, 6.45) is 1.03. The molecule has 2 rings (SSSR count). The molecule has 1 atom stereocenters. The molecule has 0 spiro atoms. The maximum Gasteiger partial charge on any atom is 0.0931 e. The summed E-state index contributed by atoms with van der Waals surface area (Å²) in [7, 11) is 0. The fourth-order valence-corrected chi connectivity index (χ4v) is 4.73.